The third-order valence-corrected chi connectivity index (χ3v) is 3.97. The lowest BCUT2D eigenvalue weighted by molar-refractivity contribution is -0.0106. The molecule has 0 saturated carbocycles. The molecule has 114 valence electrons. The monoisotopic (exact) mass is 277 g/mol. The molecule has 1 N–H and O–H groups in total. The molecule has 2 heteroatoms. The van der Waals surface area contributed by atoms with Gasteiger partial charge in [-0.1, -0.05) is 45.9 Å². The lowest BCUT2D eigenvalue weighted by Crippen LogP contribution is -2.49. The second kappa shape index (κ2) is 7.24. The maximum Gasteiger partial charge on any atom is 0.0775 e. The fourth-order valence-corrected chi connectivity index (χ4v) is 2.85. The van der Waals surface area contributed by atoms with Crippen molar-refractivity contribution >= 4 is 0 Å². The van der Waals surface area contributed by atoms with Crippen LogP contribution >= 0.6 is 0 Å². The van der Waals surface area contributed by atoms with Gasteiger partial charge in [0.15, 0.2) is 0 Å². The molecule has 0 heterocycles. The maximum atomic E-state index is 5.79. The molecule has 0 saturated heterocycles. The summed E-state index contributed by atoms with van der Waals surface area (Å²) in [6, 6.07) is 7.09. The predicted octanol–water partition coefficient (Wildman–Crippen LogP) is 3.89. The minimum Gasteiger partial charge on any atom is -0.379 e. The Labute approximate surface area is 124 Å². The second-order valence-corrected chi connectivity index (χ2v) is 6.81. The van der Waals surface area contributed by atoms with Crippen molar-refractivity contribution in [3.8, 4) is 0 Å². The number of methoxy groups -OCH3 is 1. The highest BCUT2D eigenvalue weighted by molar-refractivity contribution is 5.30. The van der Waals surface area contributed by atoms with Crippen LogP contribution in [0.3, 0.4) is 0 Å². The number of rotatable bonds is 6. The van der Waals surface area contributed by atoms with E-state index in [-0.39, 0.29) is 11.5 Å². The van der Waals surface area contributed by atoms with Gasteiger partial charge in [-0.15, -0.1) is 0 Å². The topological polar surface area (TPSA) is 21.3 Å². The molecule has 1 aromatic rings. The zero-order valence-corrected chi connectivity index (χ0v) is 14.2. The van der Waals surface area contributed by atoms with Crippen LogP contribution in [0.15, 0.2) is 18.2 Å². The van der Waals surface area contributed by atoms with Crippen molar-refractivity contribution in [2.24, 2.45) is 5.41 Å². The van der Waals surface area contributed by atoms with Crippen LogP contribution in [-0.2, 0) is 11.2 Å². The van der Waals surface area contributed by atoms with E-state index in [0.717, 1.165) is 13.0 Å². The molecule has 0 bridgehead atoms. The highest BCUT2D eigenvalue weighted by Gasteiger charge is 2.31. The van der Waals surface area contributed by atoms with E-state index in [1.54, 1.807) is 0 Å². The van der Waals surface area contributed by atoms with Crippen molar-refractivity contribution in [2.45, 2.75) is 60.1 Å². The molecule has 1 aromatic carbocycles. The third kappa shape index (κ3) is 4.60. The summed E-state index contributed by atoms with van der Waals surface area (Å²) >= 11 is 0. The minimum absolute atomic E-state index is 0.126. The summed E-state index contributed by atoms with van der Waals surface area (Å²) in [6.45, 7) is 14.2. The number of benzene rings is 1. The lowest BCUT2D eigenvalue weighted by Gasteiger charge is -2.36. The van der Waals surface area contributed by atoms with Gasteiger partial charge in [0.1, 0.15) is 0 Å². The first kappa shape index (κ1) is 17.2. The van der Waals surface area contributed by atoms with Crippen molar-refractivity contribution in [3.05, 3.63) is 34.9 Å². The van der Waals surface area contributed by atoms with Gasteiger partial charge in [-0.3, -0.25) is 0 Å². The minimum atomic E-state index is 0.126. The van der Waals surface area contributed by atoms with Crippen LogP contribution in [0.25, 0.3) is 0 Å². The largest absolute Gasteiger partial charge is 0.379 e. The van der Waals surface area contributed by atoms with Crippen LogP contribution in [0.1, 0.15) is 44.4 Å². The molecule has 0 amide bonds. The quantitative estimate of drug-likeness (QED) is 0.852. The molecule has 0 aliphatic heterocycles. The average Bonchev–Trinajstić information content (AvgIpc) is 2.33. The van der Waals surface area contributed by atoms with Crippen molar-refractivity contribution in [3.63, 3.8) is 0 Å². The molecular weight excluding hydrogens is 246 g/mol. The summed E-state index contributed by atoms with van der Waals surface area (Å²) in [7, 11) is 1.82. The molecule has 0 aromatic heterocycles. The summed E-state index contributed by atoms with van der Waals surface area (Å²) in [5.74, 6) is 0. The highest BCUT2D eigenvalue weighted by Crippen LogP contribution is 2.26. The maximum absolute atomic E-state index is 5.79. The first-order chi connectivity index (χ1) is 9.29. The smallest absolute Gasteiger partial charge is 0.0775 e. The van der Waals surface area contributed by atoms with Gasteiger partial charge >= 0.3 is 0 Å². The van der Waals surface area contributed by atoms with Gasteiger partial charge in [0.2, 0.25) is 0 Å². The van der Waals surface area contributed by atoms with Gasteiger partial charge in [0.25, 0.3) is 0 Å². The Bertz CT molecular complexity index is 420. The molecule has 2 unspecified atom stereocenters. The van der Waals surface area contributed by atoms with Crippen LogP contribution in [-0.4, -0.2) is 25.8 Å². The Hall–Kier alpha value is -0.860. The molecule has 0 fully saturated rings. The predicted molar refractivity (Wildman–Crippen MR) is 87.3 cm³/mol. The number of hydrogen-bond donors (Lipinski definition) is 1. The van der Waals surface area contributed by atoms with E-state index in [4.69, 9.17) is 4.74 Å². The third-order valence-electron chi connectivity index (χ3n) is 3.97. The number of likely N-dealkylation sites (N-methyl/N-ethyl adjacent to an activating group) is 1. The fourth-order valence-electron chi connectivity index (χ4n) is 2.85. The molecule has 2 atom stereocenters. The van der Waals surface area contributed by atoms with Crippen molar-refractivity contribution < 1.29 is 4.74 Å². The van der Waals surface area contributed by atoms with Crippen molar-refractivity contribution in [2.75, 3.05) is 13.7 Å². The van der Waals surface area contributed by atoms with Gasteiger partial charge < -0.3 is 10.1 Å². The van der Waals surface area contributed by atoms with Gasteiger partial charge in [-0.05, 0) is 48.9 Å². The van der Waals surface area contributed by atoms with Gasteiger partial charge in [-0.2, -0.15) is 0 Å². The van der Waals surface area contributed by atoms with E-state index in [9.17, 15) is 0 Å². The van der Waals surface area contributed by atoms with Crippen molar-refractivity contribution in [1.29, 1.82) is 0 Å². The Morgan fingerprint density at radius 1 is 1.15 bits per heavy atom. The highest BCUT2D eigenvalue weighted by atomic mass is 16.5. The molecular formula is C18H31NO. The van der Waals surface area contributed by atoms with E-state index in [0.29, 0.717) is 6.04 Å². The Morgan fingerprint density at radius 3 is 2.25 bits per heavy atom. The van der Waals surface area contributed by atoms with Crippen molar-refractivity contribution in [1.82, 2.24) is 5.32 Å². The van der Waals surface area contributed by atoms with Crippen LogP contribution in [0.4, 0.5) is 0 Å². The molecule has 0 radical (unpaired) electrons. The van der Waals surface area contributed by atoms with Gasteiger partial charge in [0, 0.05) is 13.2 Å². The molecule has 2 nitrogen and oxygen atoms in total. The van der Waals surface area contributed by atoms with Gasteiger partial charge in [0.05, 0.1) is 6.10 Å². The first-order valence-electron chi connectivity index (χ1n) is 7.62. The Kier molecular flexibility index (Phi) is 6.22. The zero-order valence-electron chi connectivity index (χ0n) is 14.2. The average molecular weight is 277 g/mol. The summed E-state index contributed by atoms with van der Waals surface area (Å²) < 4.78 is 5.79. The number of nitrogens with one attached hydrogen (secondary N) is 1. The molecule has 20 heavy (non-hydrogen) atoms. The molecule has 0 aliphatic carbocycles. The summed E-state index contributed by atoms with van der Waals surface area (Å²) in [4.78, 5) is 0. The standard InChI is InChI=1S/C18H31NO/c1-8-19-16(17(20-7)18(4,5)6)12-15-10-9-13(2)14(3)11-15/h9-11,16-17,19H,8,12H2,1-7H3. The van der Waals surface area contributed by atoms with E-state index >= 15 is 0 Å². The second-order valence-electron chi connectivity index (χ2n) is 6.81. The lowest BCUT2D eigenvalue weighted by atomic mass is 9.82. The van der Waals surface area contributed by atoms with E-state index in [1.165, 1.54) is 16.7 Å². The number of ether oxygens (including phenoxy) is 1. The van der Waals surface area contributed by atoms with E-state index in [2.05, 4.69) is 65.1 Å². The number of aryl methyl sites for hydroxylation is 2. The fraction of sp³-hybridized carbons (Fsp3) is 0.667. The zero-order chi connectivity index (χ0) is 15.3. The molecule has 0 spiro atoms. The van der Waals surface area contributed by atoms with E-state index in [1.807, 2.05) is 7.11 Å². The van der Waals surface area contributed by atoms with Crippen LogP contribution in [0.2, 0.25) is 0 Å². The summed E-state index contributed by atoms with van der Waals surface area (Å²) in [6.07, 6.45) is 1.20. The molecule has 0 aliphatic rings. The Balaban J connectivity index is 2.93. The SMILES string of the molecule is CCNC(Cc1ccc(C)c(C)c1)C(OC)C(C)(C)C. The number of hydrogen-bond acceptors (Lipinski definition) is 2. The summed E-state index contributed by atoms with van der Waals surface area (Å²) in [5, 5.41) is 3.60. The van der Waals surface area contributed by atoms with Crippen LogP contribution < -0.4 is 5.32 Å². The Morgan fingerprint density at radius 2 is 1.80 bits per heavy atom. The molecule has 1 rings (SSSR count). The normalized spacial score (nSPS) is 15.2. The van der Waals surface area contributed by atoms with Crippen LogP contribution in [0, 0.1) is 19.3 Å². The first-order valence-corrected chi connectivity index (χ1v) is 7.62. The van der Waals surface area contributed by atoms with E-state index < -0.39 is 0 Å². The van der Waals surface area contributed by atoms with Crippen LogP contribution in [0.5, 0.6) is 0 Å². The summed E-state index contributed by atoms with van der Waals surface area (Å²) in [5.41, 5.74) is 4.22. The van der Waals surface area contributed by atoms with Gasteiger partial charge in [-0.25, -0.2) is 0 Å².